The Kier molecular flexibility index (Phi) is 4.98. The third-order valence-corrected chi connectivity index (χ3v) is 4.25. The maximum atomic E-state index is 5.67. The van der Waals surface area contributed by atoms with Gasteiger partial charge in [0.2, 0.25) is 0 Å². The van der Waals surface area contributed by atoms with Gasteiger partial charge in [0.25, 0.3) is 0 Å². The van der Waals surface area contributed by atoms with Crippen LogP contribution in [0.2, 0.25) is 0 Å². The SMILES string of the molecule is CCCOCc1ccccc1CNc1ncnc2sccc12. The van der Waals surface area contributed by atoms with Crippen LogP contribution in [0, 0.1) is 0 Å². The second kappa shape index (κ2) is 7.33. The number of thiophene rings is 1. The molecule has 0 fully saturated rings. The van der Waals surface area contributed by atoms with Crippen LogP contribution in [0.4, 0.5) is 5.82 Å². The molecule has 2 heterocycles. The van der Waals surface area contributed by atoms with Gasteiger partial charge in [-0.2, -0.15) is 0 Å². The van der Waals surface area contributed by atoms with Crippen molar-refractivity contribution in [3.05, 3.63) is 53.2 Å². The minimum atomic E-state index is 0.656. The van der Waals surface area contributed by atoms with Gasteiger partial charge in [0.1, 0.15) is 17.0 Å². The van der Waals surface area contributed by atoms with Crippen LogP contribution < -0.4 is 5.32 Å². The summed E-state index contributed by atoms with van der Waals surface area (Å²) in [5, 5.41) is 6.54. The fourth-order valence-corrected chi connectivity index (χ4v) is 3.04. The molecule has 0 radical (unpaired) electrons. The monoisotopic (exact) mass is 313 g/mol. The molecule has 0 saturated carbocycles. The molecule has 4 nitrogen and oxygen atoms in total. The van der Waals surface area contributed by atoms with Crippen LogP contribution in [0.1, 0.15) is 24.5 Å². The first-order valence-electron chi connectivity index (χ1n) is 7.45. The lowest BCUT2D eigenvalue weighted by Gasteiger charge is -2.11. The second-order valence-electron chi connectivity index (χ2n) is 5.04. The molecule has 114 valence electrons. The van der Waals surface area contributed by atoms with E-state index in [0.29, 0.717) is 6.61 Å². The highest BCUT2D eigenvalue weighted by Gasteiger charge is 2.06. The van der Waals surface area contributed by atoms with E-state index in [-0.39, 0.29) is 0 Å². The molecule has 5 heteroatoms. The molecule has 22 heavy (non-hydrogen) atoms. The molecule has 0 aliphatic heterocycles. The molecule has 0 aliphatic rings. The standard InChI is InChI=1S/C17H19N3OS/c1-2-8-21-11-14-6-4-3-5-13(14)10-18-16-15-7-9-22-17(15)20-12-19-16/h3-7,9,12H,2,8,10-11H2,1H3,(H,18,19,20). The third-order valence-electron chi connectivity index (χ3n) is 3.43. The minimum Gasteiger partial charge on any atom is -0.377 e. The number of aromatic nitrogens is 2. The summed E-state index contributed by atoms with van der Waals surface area (Å²) in [6, 6.07) is 10.4. The summed E-state index contributed by atoms with van der Waals surface area (Å²) in [7, 11) is 0. The van der Waals surface area contributed by atoms with Crippen molar-refractivity contribution in [2.75, 3.05) is 11.9 Å². The number of anilines is 1. The van der Waals surface area contributed by atoms with E-state index in [1.54, 1.807) is 17.7 Å². The molecule has 2 aromatic heterocycles. The van der Waals surface area contributed by atoms with Crippen molar-refractivity contribution >= 4 is 27.4 Å². The van der Waals surface area contributed by atoms with Gasteiger partial charge in [-0.3, -0.25) is 0 Å². The highest BCUT2D eigenvalue weighted by atomic mass is 32.1. The van der Waals surface area contributed by atoms with Crippen molar-refractivity contribution in [3.63, 3.8) is 0 Å². The third kappa shape index (κ3) is 3.43. The van der Waals surface area contributed by atoms with Crippen molar-refractivity contribution in [3.8, 4) is 0 Å². The maximum absolute atomic E-state index is 5.67. The number of nitrogens with zero attached hydrogens (tertiary/aromatic N) is 2. The summed E-state index contributed by atoms with van der Waals surface area (Å²) in [5.74, 6) is 0.885. The quantitative estimate of drug-likeness (QED) is 0.663. The molecule has 3 aromatic rings. The lowest BCUT2D eigenvalue weighted by Crippen LogP contribution is -2.06. The highest BCUT2D eigenvalue weighted by Crippen LogP contribution is 2.24. The largest absolute Gasteiger partial charge is 0.377 e. The van der Waals surface area contributed by atoms with Crippen LogP contribution >= 0.6 is 11.3 Å². The Labute approximate surface area is 134 Å². The summed E-state index contributed by atoms with van der Waals surface area (Å²) in [6.07, 6.45) is 2.65. The van der Waals surface area contributed by atoms with Crippen molar-refractivity contribution < 1.29 is 4.74 Å². The van der Waals surface area contributed by atoms with Gasteiger partial charge in [-0.1, -0.05) is 31.2 Å². The van der Waals surface area contributed by atoms with Gasteiger partial charge in [0, 0.05) is 13.2 Å². The summed E-state index contributed by atoms with van der Waals surface area (Å²) >= 11 is 1.63. The van der Waals surface area contributed by atoms with Gasteiger partial charge in [-0.25, -0.2) is 9.97 Å². The molecule has 1 N–H and O–H groups in total. The first-order chi connectivity index (χ1) is 10.9. The number of rotatable bonds is 7. The fraction of sp³-hybridized carbons (Fsp3) is 0.294. The Hall–Kier alpha value is -1.98. The molecular weight excluding hydrogens is 294 g/mol. The predicted molar refractivity (Wildman–Crippen MR) is 91.1 cm³/mol. The van der Waals surface area contributed by atoms with E-state index in [0.717, 1.165) is 35.6 Å². The average Bonchev–Trinajstić information content (AvgIpc) is 3.03. The lowest BCUT2D eigenvalue weighted by atomic mass is 10.1. The summed E-state index contributed by atoms with van der Waals surface area (Å²) < 4.78 is 5.67. The number of hydrogen-bond acceptors (Lipinski definition) is 5. The number of fused-ring (bicyclic) bond motifs is 1. The Bertz CT molecular complexity index is 741. The van der Waals surface area contributed by atoms with E-state index in [1.807, 2.05) is 5.38 Å². The van der Waals surface area contributed by atoms with Crippen LogP contribution in [0.5, 0.6) is 0 Å². The summed E-state index contributed by atoms with van der Waals surface area (Å²) in [4.78, 5) is 9.64. The number of ether oxygens (including phenoxy) is 1. The Balaban J connectivity index is 1.72. The van der Waals surface area contributed by atoms with E-state index in [1.165, 1.54) is 11.1 Å². The zero-order chi connectivity index (χ0) is 15.2. The first-order valence-corrected chi connectivity index (χ1v) is 8.33. The zero-order valence-electron chi connectivity index (χ0n) is 12.6. The van der Waals surface area contributed by atoms with Crippen LogP contribution in [-0.2, 0) is 17.9 Å². The van der Waals surface area contributed by atoms with Gasteiger partial charge >= 0.3 is 0 Å². The van der Waals surface area contributed by atoms with Gasteiger partial charge in [0.05, 0.1) is 12.0 Å². The topological polar surface area (TPSA) is 47.0 Å². The Morgan fingerprint density at radius 2 is 2.00 bits per heavy atom. The predicted octanol–water partition coefficient (Wildman–Crippen LogP) is 4.23. The van der Waals surface area contributed by atoms with Crippen molar-refractivity contribution in [1.82, 2.24) is 9.97 Å². The molecule has 0 unspecified atom stereocenters. The smallest absolute Gasteiger partial charge is 0.138 e. The highest BCUT2D eigenvalue weighted by molar-refractivity contribution is 7.16. The maximum Gasteiger partial charge on any atom is 0.138 e. The van der Waals surface area contributed by atoms with E-state index in [4.69, 9.17) is 4.74 Å². The van der Waals surface area contributed by atoms with Crippen LogP contribution in [0.15, 0.2) is 42.0 Å². The van der Waals surface area contributed by atoms with Gasteiger partial charge in [0.15, 0.2) is 0 Å². The molecule has 0 spiro atoms. The van der Waals surface area contributed by atoms with Gasteiger partial charge in [-0.05, 0) is 29.0 Å². The van der Waals surface area contributed by atoms with E-state index in [9.17, 15) is 0 Å². The van der Waals surface area contributed by atoms with Crippen LogP contribution in [0.3, 0.4) is 0 Å². The Morgan fingerprint density at radius 3 is 2.86 bits per heavy atom. The summed E-state index contributed by atoms with van der Waals surface area (Å²) in [5.41, 5.74) is 2.46. The molecule has 0 saturated heterocycles. The van der Waals surface area contributed by atoms with Crippen molar-refractivity contribution in [1.29, 1.82) is 0 Å². The molecular formula is C17H19N3OS. The van der Waals surface area contributed by atoms with Gasteiger partial charge < -0.3 is 10.1 Å². The number of benzene rings is 1. The summed E-state index contributed by atoms with van der Waals surface area (Å²) in [6.45, 7) is 4.30. The molecule has 0 bridgehead atoms. The van der Waals surface area contributed by atoms with E-state index >= 15 is 0 Å². The molecule has 0 aliphatic carbocycles. The molecule has 0 atom stereocenters. The van der Waals surface area contributed by atoms with Crippen molar-refractivity contribution in [2.24, 2.45) is 0 Å². The fourth-order valence-electron chi connectivity index (χ4n) is 2.31. The van der Waals surface area contributed by atoms with E-state index < -0.39 is 0 Å². The lowest BCUT2D eigenvalue weighted by molar-refractivity contribution is 0.121. The van der Waals surface area contributed by atoms with Crippen LogP contribution in [-0.4, -0.2) is 16.6 Å². The molecule has 3 rings (SSSR count). The zero-order valence-corrected chi connectivity index (χ0v) is 13.4. The first kappa shape index (κ1) is 14.9. The van der Waals surface area contributed by atoms with Gasteiger partial charge in [-0.15, -0.1) is 11.3 Å². The Morgan fingerprint density at radius 1 is 1.14 bits per heavy atom. The average molecular weight is 313 g/mol. The number of hydrogen-bond donors (Lipinski definition) is 1. The normalized spacial score (nSPS) is 11.0. The van der Waals surface area contributed by atoms with E-state index in [2.05, 4.69) is 52.5 Å². The second-order valence-corrected chi connectivity index (χ2v) is 5.93. The molecule has 1 aromatic carbocycles. The van der Waals surface area contributed by atoms with Crippen molar-refractivity contribution in [2.45, 2.75) is 26.5 Å². The number of nitrogens with one attached hydrogen (secondary N) is 1. The molecule has 0 amide bonds. The minimum absolute atomic E-state index is 0.656. The van der Waals surface area contributed by atoms with Crippen LogP contribution in [0.25, 0.3) is 10.2 Å².